The van der Waals surface area contributed by atoms with Crippen LogP contribution in [0.25, 0.3) is 0 Å². The molecule has 1 atom stereocenters. The summed E-state index contributed by atoms with van der Waals surface area (Å²) in [5, 5.41) is 0.314. The number of ketones is 1. The summed E-state index contributed by atoms with van der Waals surface area (Å²) in [4.78, 5) is 15.0. The predicted molar refractivity (Wildman–Crippen MR) is 97.0 cm³/mol. The van der Waals surface area contributed by atoms with E-state index >= 15 is 0 Å². The van der Waals surface area contributed by atoms with Gasteiger partial charge in [-0.25, -0.2) is 0 Å². The van der Waals surface area contributed by atoms with E-state index in [1.165, 1.54) is 57.9 Å². The number of alkyl halides is 1. The van der Waals surface area contributed by atoms with Gasteiger partial charge in [0, 0.05) is 17.8 Å². The van der Waals surface area contributed by atoms with Crippen molar-refractivity contribution in [1.29, 1.82) is 0 Å². The van der Waals surface area contributed by atoms with Crippen molar-refractivity contribution in [2.24, 2.45) is 17.8 Å². The summed E-state index contributed by atoms with van der Waals surface area (Å²) in [6.07, 6.45) is 15.5. The number of piperidine rings is 1. The molecular weight excluding hydrogens is 306 g/mol. The normalized spacial score (nSPS) is 34.4. The second-order valence-electron chi connectivity index (χ2n) is 8.40. The van der Waals surface area contributed by atoms with Crippen molar-refractivity contribution >= 4 is 17.4 Å². The number of hydrogen-bond acceptors (Lipinski definition) is 2. The first-order valence-corrected chi connectivity index (χ1v) is 10.5. The third-order valence-corrected chi connectivity index (χ3v) is 6.92. The van der Waals surface area contributed by atoms with E-state index in [0.717, 1.165) is 44.1 Å². The summed E-state index contributed by atoms with van der Waals surface area (Å²) in [7, 11) is 0. The fraction of sp³-hybridized carbons (Fsp3) is 0.950. The van der Waals surface area contributed by atoms with Crippen LogP contribution in [0.2, 0.25) is 0 Å². The van der Waals surface area contributed by atoms with Crippen LogP contribution in [-0.2, 0) is 4.79 Å². The molecule has 2 saturated carbocycles. The number of rotatable bonds is 5. The molecule has 1 aliphatic heterocycles. The van der Waals surface area contributed by atoms with Gasteiger partial charge in [0.25, 0.3) is 0 Å². The van der Waals surface area contributed by atoms with Crippen molar-refractivity contribution in [2.45, 2.75) is 82.4 Å². The second-order valence-corrected chi connectivity index (χ2v) is 9.02. The maximum absolute atomic E-state index is 12.6. The van der Waals surface area contributed by atoms with E-state index in [0.29, 0.717) is 23.6 Å². The number of nitrogens with zero attached hydrogens (tertiary/aromatic N) is 1. The van der Waals surface area contributed by atoms with Crippen LogP contribution in [0, 0.1) is 17.8 Å². The lowest BCUT2D eigenvalue weighted by atomic mass is 9.80. The molecule has 3 rings (SSSR count). The summed E-state index contributed by atoms with van der Waals surface area (Å²) < 4.78 is 0. The molecule has 3 aliphatic rings. The molecule has 0 amide bonds. The Morgan fingerprint density at radius 3 is 2.30 bits per heavy atom. The van der Waals surface area contributed by atoms with E-state index in [2.05, 4.69) is 4.90 Å². The first-order valence-electron chi connectivity index (χ1n) is 10.1. The summed E-state index contributed by atoms with van der Waals surface area (Å²) in [6, 6.07) is 0. The topological polar surface area (TPSA) is 20.3 Å². The van der Waals surface area contributed by atoms with Gasteiger partial charge in [0.2, 0.25) is 0 Å². The summed E-state index contributed by atoms with van der Waals surface area (Å²) in [5.41, 5.74) is 0. The summed E-state index contributed by atoms with van der Waals surface area (Å²) >= 11 is 6.17. The van der Waals surface area contributed by atoms with Gasteiger partial charge in [0.1, 0.15) is 5.78 Å². The number of likely N-dealkylation sites (tertiary alicyclic amines) is 1. The molecule has 2 aliphatic carbocycles. The van der Waals surface area contributed by atoms with Gasteiger partial charge in [-0.15, -0.1) is 11.6 Å². The highest BCUT2D eigenvalue weighted by molar-refractivity contribution is 6.20. The van der Waals surface area contributed by atoms with Crippen LogP contribution in [0.5, 0.6) is 0 Å². The van der Waals surface area contributed by atoms with E-state index in [9.17, 15) is 4.79 Å². The Morgan fingerprint density at radius 1 is 0.870 bits per heavy atom. The highest BCUT2D eigenvalue weighted by Gasteiger charge is 2.29. The summed E-state index contributed by atoms with van der Waals surface area (Å²) in [6.45, 7) is 3.02. The van der Waals surface area contributed by atoms with Crippen molar-refractivity contribution in [3.63, 3.8) is 0 Å². The Bertz CT molecular complexity index is 372. The summed E-state index contributed by atoms with van der Waals surface area (Å²) in [5.74, 6) is 2.61. The fourth-order valence-corrected chi connectivity index (χ4v) is 5.36. The van der Waals surface area contributed by atoms with E-state index in [1.54, 1.807) is 0 Å². The van der Waals surface area contributed by atoms with Gasteiger partial charge in [-0.05, 0) is 63.3 Å². The minimum absolute atomic E-state index is 0.295. The molecule has 1 saturated heterocycles. The second kappa shape index (κ2) is 8.85. The molecule has 1 unspecified atom stereocenters. The molecule has 3 heteroatoms. The first kappa shape index (κ1) is 17.7. The largest absolute Gasteiger partial charge is 0.298 e. The maximum atomic E-state index is 12.6. The van der Waals surface area contributed by atoms with Crippen molar-refractivity contribution in [2.75, 3.05) is 19.6 Å². The Kier molecular flexibility index (Phi) is 6.83. The zero-order valence-electron chi connectivity index (χ0n) is 14.6. The zero-order valence-corrected chi connectivity index (χ0v) is 15.4. The van der Waals surface area contributed by atoms with Gasteiger partial charge in [0.15, 0.2) is 0 Å². The highest BCUT2D eigenvalue weighted by atomic mass is 35.5. The monoisotopic (exact) mass is 339 g/mol. The molecule has 0 N–H and O–H groups in total. The molecule has 0 bridgehead atoms. The number of hydrogen-bond donors (Lipinski definition) is 0. The van der Waals surface area contributed by atoms with Gasteiger partial charge in [-0.3, -0.25) is 9.69 Å². The minimum atomic E-state index is 0.295. The molecule has 0 radical (unpaired) electrons. The van der Waals surface area contributed by atoms with Crippen LogP contribution in [0.3, 0.4) is 0 Å². The average Bonchev–Trinajstić information content (AvgIpc) is 2.57. The van der Waals surface area contributed by atoms with Gasteiger partial charge in [-0.2, -0.15) is 0 Å². The van der Waals surface area contributed by atoms with Gasteiger partial charge in [-0.1, -0.05) is 32.1 Å². The molecule has 0 aromatic heterocycles. The smallest absolute Gasteiger partial charge is 0.149 e. The predicted octanol–water partition coefficient (Wildman–Crippen LogP) is 5.04. The quantitative estimate of drug-likeness (QED) is 0.654. The van der Waals surface area contributed by atoms with Crippen molar-refractivity contribution in [3.8, 4) is 0 Å². The van der Waals surface area contributed by atoms with E-state index in [1.807, 2.05) is 0 Å². The van der Waals surface area contributed by atoms with Crippen LogP contribution in [-0.4, -0.2) is 35.7 Å². The zero-order chi connectivity index (χ0) is 16.1. The van der Waals surface area contributed by atoms with Crippen LogP contribution in [0.15, 0.2) is 0 Å². The Morgan fingerprint density at radius 2 is 1.57 bits per heavy atom. The lowest BCUT2D eigenvalue weighted by Crippen LogP contribution is -2.41. The molecular formula is C20H34ClNO. The molecule has 132 valence electrons. The molecule has 2 nitrogen and oxygen atoms in total. The van der Waals surface area contributed by atoms with Gasteiger partial charge in [0.05, 0.1) is 6.54 Å². The van der Waals surface area contributed by atoms with Crippen molar-refractivity contribution in [3.05, 3.63) is 0 Å². The number of carbonyl (C=O) groups is 1. The Hall–Kier alpha value is -0.0800. The van der Waals surface area contributed by atoms with Crippen LogP contribution < -0.4 is 0 Å². The van der Waals surface area contributed by atoms with E-state index < -0.39 is 0 Å². The van der Waals surface area contributed by atoms with Crippen LogP contribution >= 0.6 is 11.6 Å². The number of carbonyl (C=O) groups excluding carboxylic acids is 1. The molecule has 23 heavy (non-hydrogen) atoms. The molecule has 3 fully saturated rings. The molecule has 0 spiro atoms. The van der Waals surface area contributed by atoms with Gasteiger partial charge < -0.3 is 0 Å². The van der Waals surface area contributed by atoms with Crippen molar-refractivity contribution < 1.29 is 4.79 Å². The molecule has 1 heterocycles. The minimum Gasteiger partial charge on any atom is -0.298 e. The Labute approximate surface area is 147 Å². The average molecular weight is 340 g/mol. The highest BCUT2D eigenvalue weighted by Crippen LogP contribution is 2.33. The SMILES string of the molecule is O=C(CN1CCCC(CC2CCCCC2)C1)C1CCC(Cl)CC1. The van der Waals surface area contributed by atoms with Crippen LogP contribution in [0.4, 0.5) is 0 Å². The maximum Gasteiger partial charge on any atom is 0.149 e. The van der Waals surface area contributed by atoms with E-state index in [-0.39, 0.29) is 0 Å². The lowest BCUT2D eigenvalue weighted by molar-refractivity contribution is -0.125. The lowest BCUT2D eigenvalue weighted by Gasteiger charge is -2.36. The van der Waals surface area contributed by atoms with Gasteiger partial charge >= 0.3 is 0 Å². The molecule has 0 aromatic rings. The fourth-order valence-electron chi connectivity index (χ4n) is 5.11. The third kappa shape index (κ3) is 5.46. The van der Waals surface area contributed by atoms with Crippen LogP contribution in [0.1, 0.15) is 77.0 Å². The first-order chi connectivity index (χ1) is 11.2. The third-order valence-electron chi connectivity index (χ3n) is 6.49. The molecule has 0 aromatic carbocycles. The Balaban J connectivity index is 1.41. The standard InChI is InChI=1S/C20H34ClNO/c21-19-10-8-18(9-11-19)20(23)15-22-12-4-7-17(14-22)13-16-5-2-1-3-6-16/h16-19H,1-15H2. The van der Waals surface area contributed by atoms with E-state index in [4.69, 9.17) is 11.6 Å². The van der Waals surface area contributed by atoms with Crippen molar-refractivity contribution in [1.82, 2.24) is 4.90 Å². The number of halogens is 1. The number of Topliss-reactive ketones (excluding diaryl/α,β-unsaturated/α-hetero) is 1.